The van der Waals surface area contributed by atoms with Crippen molar-refractivity contribution in [1.29, 1.82) is 5.26 Å². The third-order valence-corrected chi connectivity index (χ3v) is 2.15. The van der Waals surface area contributed by atoms with Crippen molar-refractivity contribution in [1.82, 2.24) is 5.32 Å². The Morgan fingerprint density at radius 3 is 3.06 bits per heavy atom. The fraction of sp³-hybridized carbons (Fsp3) is 0.385. The molecule has 1 N–H and O–H groups in total. The molecular weight excluding hydrogens is 216 g/mol. The van der Waals surface area contributed by atoms with E-state index in [1.807, 2.05) is 37.3 Å². The Bertz CT molecular complexity index is 410. The van der Waals surface area contributed by atoms with Crippen LogP contribution in [-0.2, 0) is 4.79 Å². The first kappa shape index (κ1) is 13.0. The number of carbonyl (C=O) groups excluding carboxylic acids is 1. The van der Waals surface area contributed by atoms with E-state index in [0.29, 0.717) is 26.0 Å². The van der Waals surface area contributed by atoms with Crippen LogP contribution in [0.5, 0.6) is 5.75 Å². The molecule has 4 nitrogen and oxygen atoms in total. The lowest BCUT2D eigenvalue weighted by molar-refractivity contribution is -0.121. The lowest BCUT2D eigenvalue weighted by atomic mass is 10.2. The molecule has 1 aromatic rings. The zero-order chi connectivity index (χ0) is 12.5. The van der Waals surface area contributed by atoms with Gasteiger partial charge in [-0.25, -0.2) is 0 Å². The number of benzene rings is 1. The highest BCUT2D eigenvalue weighted by Crippen LogP contribution is 2.12. The Hall–Kier alpha value is -2.02. The minimum absolute atomic E-state index is 0.0899. The van der Waals surface area contributed by atoms with Crippen molar-refractivity contribution in [2.24, 2.45) is 0 Å². The van der Waals surface area contributed by atoms with Crippen LogP contribution < -0.4 is 10.1 Å². The summed E-state index contributed by atoms with van der Waals surface area (Å²) in [6, 6.07) is 9.65. The average molecular weight is 232 g/mol. The molecule has 0 fully saturated rings. The summed E-state index contributed by atoms with van der Waals surface area (Å²) in [7, 11) is 0. The fourth-order valence-corrected chi connectivity index (χ4v) is 1.31. The number of nitriles is 1. The molecule has 17 heavy (non-hydrogen) atoms. The molecule has 1 rings (SSSR count). The van der Waals surface area contributed by atoms with Crippen molar-refractivity contribution in [3.63, 3.8) is 0 Å². The minimum atomic E-state index is -0.0899. The Balaban J connectivity index is 2.19. The third-order valence-electron chi connectivity index (χ3n) is 2.15. The molecule has 0 heterocycles. The summed E-state index contributed by atoms with van der Waals surface area (Å²) in [5.74, 6) is 0.683. The molecule has 1 amide bonds. The largest absolute Gasteiger partial charge is 0.493 e. The molecule has 0 saturated heterocycles. The first-order valence-electron chi connectivity index (χ1n) is 5.55. The molecule has 0 spiro atoms. The fourth-order valence-electron chi connectivity index (χ4n) is 1.31. The van der Waals surface area contributed by atoms with Crippen molar-refractivity contribution in [2.45, 2.75) is 19.8 Å². The Labute approximate surface area is 101 Å². The molecule has 4 heteroatoms. The van der Waals surface area contributed by atoms with Gasteiger partial charge in [0.15, 0.2) is 0 Å². The summed E-state index contributed by atoms with van der Waals surface area (Å²) in [4.78, 5) is 11.3. The second-order valence-electron chi connectivity index (χ2n) is 3.67. The predicted octanol–water partition coefficient (Wildman–Crippen LogP) is 1.79. The van der Waals surface area contributed by atoms with E-state index in [0.717, 1.165) is 11.3 Å². The number of amides is 1. The molecule has 0 aliphatic carbocycles. The summed E-state index contributed by atoms with van der Waals surface area (Å²) >= 11 is 0. The van der Waals surface area contributed by atoms with Crippen LogP contribution in [0.3, 0.4) is 0 Å². The second-order valence-corrected chi connectivity index (χ2v) is 3.67. The monoisotopic (exact) mass is 232 g/mol. The van der Waals surface area contributed by atoms with Gasteiger partial charge in [-0.2, -0.15) is 5.26 Å². The van der Waals surface area contributed by atoms with E-state index in [1.165, 1.54) is 0 Å². The van der Waals surface area contributed by atoms with Gasteiger partial charge in [0.05, 0.1) is 25.5 Å². The van der Waals surface area contributed by atoms with Crippen LogP contribution >= 0.6 is 0 Å². The van der Waals surface area contributed by atoms with Crippen LogP contribution in [0.1, 0.15) is 18.4 Å². The van der Waals surface area contributed by atoms with Crippen LogP contribution in [0.25, 0.3) is 0 Å². The number of ether oxygens (including phenoxy) is 1. The number of rotatable bonds is 6. The zero-order valence-corrected chi connectivity index (χ0v) is 9.90. The van der Waals surface area contributed by atoms with Crippen molar-refractivity contribution in [3.8, 4) is 11.8 Å². The molecule has 90 valence electrons. The SMILES string of the molecule is Cc1cccc(OCCC(=O)NCCC#N)c1. The van der Waals surface area contributed by atoms with Crippen molar-refractivity contribution < 1.29 is 9.53 Å². The molecule has 0 aromatic heterocycles. The highest BCUT2D eigenvalue weighted by Gasteiger charge is 2.01. The van der Waals surface area contributed by atoms with E-state index in [4.69, 9.17) is 10.00 Å². The topological polar surface area (TPSA) is 62.1 Å². The summed E-state index contributed by atoms with van der Waals surface area (Å²) in [5.41, 5.74) is 1.13. The smallest absolute Gasteiger partial charge is 0.223 e. The number of hydrogen-bond donors (Lipinski definition) is 1. The van der Waals surface area contributed by atoms with Gasteiger partial charge in [0.25, 0.3) is 0 Å². The van der Waals surface area contributed by atoms with Gasteiger partial charge in [-0.3, -0.25) is 4.79 Å². The van der Waals surface area contributed by atoms with Gasteiger partial charge in [0, 0.05) is 6.54 Å². The Morgan fingerprint density at radius 2 is 2.35 bits per heavy atom. The highest BCUT2D eigenvalue weighted by molar-refractivity contribution is 5.75. The lowest BCUT2D eigenvalue weighted by Crippen LogP contribution is -2.25. The second kappa shape index (κ2) is 7.29. The van der Waals surface area contributed by atoms with Crippen LogP contribution in [-0.4, -0.2) is 19.1 Å². The Morgan fingerprint density at radius 1 is 1.53 bits per heavy atom. The average Bonchev–Trinajstić information content (AvgIpc) is 2.29. The van der Waals surface area contributed by atoms with Crippen LogP contribution in [0.4, 0.5) is 0 Å². The van der Waals surface area contributed by atoms with E-state index in [9.17, 15) is 4.79 Å². The maximum absolute atomic E-state index is 11.3. The van der Waals surface area contributed by atoms with Crippen LogP contribution in [0.2, 0.25) is 0 Å². The van der Waals surface area contributed by atoms with Gasteiger partial charge in [0.1, 0.15) is 5.75 Å². The summed E-state index contributed by atoms with van der Waals surface area (Å²) < 4.78 is 5.44. The van der Waals surface area contributed by atoms with Gasteiger partial charge < -0.3 is 10.1 Å². The molecule has 0 atom stereocenters. The number of carbonyl (C=O) groups is 1. The minimum Gasteiger partial charge on any atom is -0.493 e. The first-order valence-corrected chi connectivity index (χ1v) is 5.55. The Kier molecular flexibility index (Phi) is 5.59. The standard InChI is InChI=1S/C13H16N2O2/c1-11-4-2-5-12(10-11)17-9-6-13(16)15-8-3-7-14/h2,4-5,10H,3,6,8-9H2,1H3,(H,15,16). The van der Waals surface area contributed by atoms with Gasteiger partial charge in [-0.05, 0) is 24.6 Å². The van der Waals surface area contributed by atoms with Crippen molar-refractivity contribution in [3.05, 3.63) is 29.8 Å². The maximum Gasteiger partial charge on any atom is 0.223 e. The van der Waals surface area contributed by atoms with Gasteiger partial charge >= 0.3 is 0 Å². The highest BCUT2D eigenvalue weighted by atomic mass is 16.5. The van der Waals surface area contributed by atoms with Crippen LogP contribution in [0.15, 0.2) is 24.3 Å². The zero-order valence-electron chi connectivity index (χ0n) is 9.90. The number of nitrogens with zero attached hydrogens (tertiary/aromatic N) is 1. The van der Waals surface area contributed by atoms with Gasteiger partial charge in [-0.15, -0.1) is 0 Å². The number of nitrogens with one attached hydrogen (secondary N) is 1. The quantitative estimate of drug-likeness (QED) is 0.761. The van der Waals surface area contributed by atoms with E-state index >= 15 is 0 Å². The first-order chi connectivity index (χ1) is 8.22. The molecule has 0 aliphatic heterocycles. The van der Waals surface area contributed by atoms with Gasteiger partial charge in [0.2, 0.25) is 5.91 Å². The van der Waals surface area contributed by atoms with E-state index in [-0.39, 0.29) is 5.91 Å². The van der Waals surface area contributed by atoms with Crippen LogP contribution in [0, 0.1) is 18.3 Å². The molecule has 1 aromatic carbocycles. The van der Waals surface area contributed by atoms with Crippen molar-refractivity contribution in [2.75, 3.05) is 13.2 Å². The number of hydrogen-bond acceptors (Lipinski definition) is 3. The van der Waals surface area contributed by atoms with E-state index < -0.39 is 0 Å². The third kappa shape index (κ3) is 5.57. The lowest BCUT2D eigenvalue weighted by Gasteiger charge is -2.06. The molecule has 0 aliphatic rings. The molecule has 0 unspecified atom stereocenters. The van der Waals surface area contributed by atoms with E-state index in [2.05, 4.69) is 5.32 Å². The molecular formula is C13H16N2O2. The summed E-state index contributed by atoms with van der Waals surface area (Å²) in [5, 5.41) is 10.9. The molecule has 0 bridgehead atoms. The molecule has 0 radical (unpaired) electrons. The summed E-state index contributed by atoms with van der Waals surface area (Å²) in [6.45, 7) is 2.74. The number of aryl methyl sites for hydroxylation is 1. The maximum atomic E-state index is 11.3. The van der Waals surface area contributed by atoms with Crippen molar-refractivity contribution >= 4 is 5.91 Å². The molecule has 0 saturated carbocycles. The van der Waals surface area contributed by atoms with Gasteiger partial charge in [-0.1, -0.05) is 12.1 Å². The normalized spacial score (nSPS) is 9.41. The summed E-state index contributed by atoms with van der Waals surface area (Å²) in [6.07, 6.45) is 0.643. The van der Waals surface area contributed by atoms with E-state index in [1.54, 1.807) is 0 Å². The predicted molar refractivity (Wildman–Crippen MR) is 64.5 cm³/mol.